The topological polar surface area (TPSA) is 43.1 Å². The third kappa shape index (κ3) is 1.40. The van der Waals surface area contributed by atoms with E-state index in [0.717, 1.165) is 10.8 Å². The van der Waals surface area contributed by atoms with Gasteiger partial charge < -0.3 is 5.73 Å². The van der Waals surface area contributed by atoms with Gasteiger partial charge in [0.1, 0.15) is 0 Å². The van der Waals surface area contributed by atoms with E-state index in [2.05, 4.69) is 60.7 Å². The molecular weight excluding hydrogens is 342 g/mol. The predicted molar refractivity (Wildman–Crippen MR) is 119 cm³/mol. The molecule has 0 atom stereocenters. The molecule has 2 heteroatoms. The molecule has 7 aromatic carbocycles. The number of carbonyl (C=O) groups is 1. The van der Waals surface area contributed by atoms with Gasteiger partial charge in [0.2, 0.25) is 0 Å². The van der Waals surface area contributed by atoms with Crippen molar-refractivity contribution in [2.45, 2.75) is 6.92 Å². The van der Waals surface area contributed by atoms with Gasteiger partial charge >= 0.3 is 0 Å². The average molecular weight is 357 g/mol. The summed E-state index contributed by atoms with van der Waals surface area (Å²) in [4.78, 5) is 12.6. The monoisotopic (exact) mass is 357 g/mol. The third-order valence-electron chi connectivity index (χ3n) is 6.56. The van der Waals surface area contributed by atoms with Gasteiger partial charge in [-0.05, 0) is 60.8 Å². The third-order valence-corrected chi connectivity index (χ3v) is 6.56. The first-order valence-electron chi connectivity index (χ1n) is 9.55. The van der Waals surface area contributed by atoms with E-state index in [1.54, 1.807) is 6.92 Å². The van der Waals surface area contributed by atoms with Crippen LogP contribution < -0.4 is 5.73 Å². The molecule has 0 bridgehead atoms. The van der Waals surface area contributed by atoms with Gasteiger partial charge in [0.25, 0.3) is 0 Å². The fraction of sp³-hybridized carbons (Fsp3) is 0.0385. The molecule has 0 aliphatic heterocycles. The van der Waals surface area contributed by atoms with Crippen molar-refractivity contribution in [3.63, 3.8) is 0 Å². The number of nitrogens with two attached hydrogens (primary N) is 1. The number of rotatable bonds is 1. The zero-order valence-corrected chi connectivity index (χ0v) is 15.3. The summed E-state index contributed by atoms with van der Waals surface area (Å²) in [5, 5.41) is 14.3. The Balaban J connectivity index is 2.04. The lowest BCUT2D eigenvalue weighted by Crippen LogP contribution is -2.04. The van der Waals surface area contributed by atoms with Gasteiger partial charge in [-0.1, -0.05) is 60.7 Å². The van der Waals surface area contributed by atoms with Crippen molar-refractivity contribution in [1.29, 1.82) is 0 Å². The first kappa shape index (κ1) is 14.4. The fourth-order valence-electron chi connectivity index (χ4n) is 5.48. The molecular formula is C26H15NO. The zero-order chi connectivity index (χ0) is 18.7. The van der Waals surface area contributed by atoms with Crippen molar-refractivity contribution in [2.75, 3.05) is 5.73 Å². The molecule has 2 N–H and O–H groups in total. The average Bonchev–Trinajstić information content (AvgIpc) is 2.71. The van der Waals surface area contributed by atoms with E-state index in [-0.39, 0.29) is 5.78 Å². The van der Waals surface area contributed by atoms with Gasteiger partial charge in [0.15, 0.2) is 5.78 Å². The minimum Gasteiger partial charge on any atom is -0.398 e. The minimum atomic E-state index is 0.0167. The minimum absolute atomic E-state index is 0.0167. The molecule has 0 amide bonds. The van der Waals surface area contributed by atoms with Crippen LogP contribution in [0.15, 0.2) is 60.7 Å². The number of ketones is 1. The van der Waals surface area contributed by atoms with Crippen molar-refractivity contribution in [1.82, 2.24) is 0 Å². The van der Waals surface area contributed by atoms with Gasteiger partial charge in [0, 0.05) is 16.3 Å². The van der Waals surface area contributed by atoms with E-state index < -0.39 is 0 Å². The molecule has 0 fully saturated rings. The summed E-state index contributed by atoms with van der Waals surface area (Å²) >= 11 is 0. The molecule has 0 unspecified atom stereocenters. The standard InChI is InChI=1S/C26H15NO/c1-12(28)19-17-10-8-15-6-4-13-2-3-14-5-7-16-9-11-18(26(19)27)25-23(16)21(14)20(13)22(15)24(17)25/h2-11H,27H2,1H3. The molecule has 0 radical (unpaired) electrons. The van der Waals surface area contributed by atoms with Crippen molar-refractivity contribution in [3.05, 3.63) is 66.2 Å². The summed E-state index contributed by atoms with van der Waals surface area (Å²) in [7, 11) is 0. The summed E-state index contributed by atoms with van der Waals surface area (Å²) in [6.45, 7) is 1.61. The van der Waals surface area contributed by atoms with Crippen LogP contribution in [-0.4, -0.2) is 5.78 Å². The summed E-state index contributed by atoms with van der Waals surface area (Å²) in [5.74, 6) is 0.0167. The van der Waals surface area contributed by atoms with E-state index in [4.69, 9.17) is 5.73 Å². The molecule has 7 rings (SSSR count). The Hall–Kier alpha value is -3.65. The van der Waals surface area contributed by atoms with Crippen LogP contribution in [0.3, 0.4) is 0 Å². The Kier molecular flexibility index (Phi) is 2.28. The highest BCUT2D eigenvalue weighted by Gasteiger charge is 2.24. The van der Waals surface area contributed by atoms with Crippen LogP contribution in [0.2, 0.25) is 0 Å². The molecule has 0 aromatic heterocycles. The van der Waals surface area contributed by atoms with Crippen LogP contribution in [0.25, 0.3) is 64.6 Å². The number of Topliss-reactive ketones (excluding diaryl/α,β-unsaturated/α-hetero) is 1. The van der Waals surface area contributed by atoms with E-state index in [1.807, 2.05) is 0 Å². The normalized spacial score (nSPS) is 12.8. The van der Waals surface area contributed by atoms with E-state index in [0.29, 0.717) is 11.3 Å². The van der Waals surface area contributed by atoms with Crippen LogP contribution in [0.4, 0.5) is 5.69 Å². The summed E-state index contributed by atoms with van der Waals surface area (Å²) in [5.41, 5.74) is 7.83. The maximum absolute atomic E-state index is 12.6. The summed E-state index contributed by atoms with van der Waals surface area (Å²) in [6.07, 6.45) is 0. The highest BCUT2D eigenvalue weighted by atomic mass is 16.1. The predicted octanol–water partition coefficient (Wildman–Crippen LogP) is 6.70. The van der Waals surface area contributed by atoms with Crippen molar-refractivity contribution >= 4 is 76.1 Å². The van der Waals surface area contributed by atoms with Gasteiger partial charge in [-0.25, -0.2) is 0 Å². The molecule has 0 saturated carbocycles. The number of benzene rings is 7. The first-order valence-corrected chi connectivity index (χ1v) is 9.55. The maximum Gasteiger partial charge on any atom is 0.162 e. The Morgan fingerprint density at radius 1 is 0.571 bits per heavy atom. The van der Waals surface area contributed by atoms with Gasteiger partial charge in [-0.2, -0.15) is 0 Å². The van der Waals surface area contributed by atoms with E-state index >= 15 is 0 Å². The van der Waals surface area contributed by atoms with E-state index in [1.165, 1.54) is 53.9 Å². The number of anilines is 1. The summed E-state index contributed by atoms with van der Waals surface area (Å²) < 4.78 is 0. The molecule has 7 aromatic rings. The lowest BCUT2D eigenvalue weighted by Gasteiger charge is -2.22. The largest absolute Gasteiger partial charge is 0.398 e. The first-order chi connectivity index (χ1) is 13.6. The molecule has 130 valence electrons. The Morgan fingerprint density at radius 3 is 1.39 bits per heavy atom. The van der Waals surface area contributed by atoms with Crippen LogP contribution in [-0.2, 0) is 0 Å². The lowest BCUT2D eigenvalue weighted by molar-refractivity contribution is 0.102. The summed E-state index contributed by atoms with van der Waals surface area (Å²) in [6, 6.07) is 21.6. The van der Waals surface area contributed by atoms with Gasteiger partial charge in [-0.15, -0.1) is 0 Å². The van der Waals surface area contributed by atoms with Gasteiger partial charge in [0.05, 0.1) is 5.69 Å². The SMILES string of the molecule is CC(=O)c1c(N)c2ccc3ccc4ccc5ccc6ccc1c1c6c5c4c3c21. The lowest BCUT2D eigenvalue weighted by atomic mass is 9.81. The number of hydrogen-bond acceptors (Lipinski definition) is 2. The molecule has 0 heterocycles. The maximum atomic E-state index is 12.6. The van der Waals surface area contributed by atoms with Crippen LogP contribution in [0.1, 0.15) is 17.3 Å². The fourth-order valence-corrected chi connectivity index (χ4v) is 5.48. The smallest absolute Gasteiger partial charge is 0.162 e. The Labute approximate surface area is 160 Å². The van der Waals surface area contributed by atoms with Gasteiger partial charge in [-0.3, -0.25) is 4.79 Å². The molecule has 28 heavy (non-hydrogen) atoms. The molecule has 0 aliphatic carbocycles. The van der Waals surface area contributed by atoms with Crippen LogP contribution in [0, 0.1) is 0 Å². The van der Waals surface area contributed by atoms with Crippen LogP contribution >= 0.6 is 0 Å². The molecule has 0 spiro atoms. The quantitative estimate of drug-likeness (QED) is 0.154. The highest BCUT2D eigenvalue weighted by molar-refractivity contribution is 6.46. The van der Waals surface area contributed by atoms with E-state index in [9.17, 15) is 4.79 Å². The highest BCUT2D eigenvalue weighted by Crippen LogP contribution is 2.50. The zero-order valence-electron chi connectivity index (χ0n) is 15.3. The molecule has 0 saturated heterocycles. The second kappa shape index (κ2) is 4.42. The number of nitrogen functional groups attached to an aromatic ring is 1. The number of carbonyl (C=O) groups excluding carboxylic acids is 1. The van der Waals surface area contributed by atoms with Crippen molar-refractivity contribution in [2.24, 2.45) is 0 Å². The second-order valence-corrected chi connectivity index (χ2v) is 7.91. The second-order valence-electron chi connectivity index (χ2n) is 7.91. The van der Waals surface area contributed by atoms with Crippen LogP contribution in [0.5, 0.6) is 0 Å². The Morgan fingerprint density at radius 2 is 0.929 bits per heavy atom. The van der Waals surface area contributed by atoms with Crippen molar-refractivity contribution < 1.29 is 4.79 Å². The van der Waals surface area contributed by atoms with Crippen molar-refractivity contribution in [3.8, 4) is 0 Å². The Bertz CT molecular complexity index is 1730. The molecule has 0 aliphatic rings. The number of hydrogen-bond donors (Lipinski definition) is 1. The molecule has 2 nitrogen and oxygen atoms in total.